The average molecular weight is 369 g/mol. The van der Waals surface area contributed by atoms with Crippen LogP contribution in [0.4, 0.5) is 4.39 Å². The van der Waals surface area contributed by atoms with Gasteiger partial charge in [-0.15, -0.1) is 12.4 Å². The largest absolute Gasteiger partial charge is 0.336 e. The van der Waals surface area contributed by atoms with Crippen LogP contribution in [0.3, 0.4) is 0 Å². The summed E-state index contributed by atoms with van der Waals surface area (Å²) in [6, 6.07) is 7.07. The van der Waals surface area contributed by atoms with E-state index < -0.39 is 0 Å². The summed E-state index contributed by atoms with van der Waals surface area (Å²) in [4.78, 5) is 15.0. The van der Waals surface area contributed by atoms with Crippen LogP contribution in [0.25, 0.3) is 0 Å². The molecule has 2 aliphatic carbocycles. The summed E-state index contributed by atoms with van der Waals surface area (Å²) in [5.74, 6) is 0.952. The topological polar surface area (TPSA) is 46.3 Å². The Morgan fingerprint density at radius 1 is 1.24 bits per heavy atom. The fourth-order valence-corrected chi connectivity index (χ4v) is 4.55. The van der Waals surface area contributed by atoms with Crippen molar-refractivity contribution in [2.45, 2.75) is 64.6 Å². The van der Waals surface area contributed by atoms with Gasteiger partial charge in [-0.25, -0.2) is 4.39 Å². The number of amides is 1. The van der Waals surface area contributed by atoms with Gasteiger partial charge >= 0.3 is 0 Å². The fraction of sp³-hybridized carbons (Fsp3) is 0.650. The molecule has 25 heavy (non-hydrogen) atoms. The van der Waals surface area contributed by atoms with Crippen molar-refractivity contribution in [2.24, 2.45) is 23.5 Å². The number of carbonyl (C=O) groups excluding carboxylic acids is 1. The first-order chi connectivity index (χ1) is 11.5. The Balaban J connectivity index is 0.00000225. The molecule has 0 aliphatic heterocycles. The van der Waals surface area contributed by atoms with Gasteiger partial charge in [0.2, 0.25) is 5.91 Å². The second-order valence-electron chi connectivity index (χ2n) is 7.85. The summed E-state index contributed by atoms with van der Waals surface area (Å²) < 4.78 is 14.0. The SMILES string of the molecule is CC(C)N(Cc1ccccc1F)C(=O)C1CC2CCCC(C1)C2N.Cl. The third-order valence-electron chi connectivity index (χ3n) is 5.97. The summed E-state index contributed by atoms with van der Waals surface area (Å²) in [5.41, 5.74) is 6.94. The normalized spacial score (nSPS) is 28.4. The number of rotatable bonds is 4. The summed E-state index contributed by atoms with van der Waals surface area (Å²) in [7, 11) is 0. The lowest BCUT2D eigenvalue weighted by atomic mass is 9.65. The maximum atomic E-state index is 14.0. The molecule has 2 fully saturated rings. The predicted octanol–water partition coefficient (Wildman–Crippen LogP) is 4.14. The van der Waals surface area contributed by atoms with Gasteiger partial charge < -0.3 is 10.6 Å². The van der Waals surface area contributed by atoms with Crippen LogP contribution in [-0.2, 0) is 11.3 Å². The molecule has 3 rings (SSSR count). The summed E-state index contributed by atoms with van der Waals surface area (Å²) in [6.07, 6.45) is 5.34. The highest BCUT2D eigenvalue weighted by Gasteiger charge is 2.41. The summed E-state index contributed by atoms with van der Waals surface area (Å²) >= 11 is 0. The Kier molecular flexibility index (Phi) is 6.86. The van der Waals surface area contributed by atoms with Crippen LogP contribution in [0.2, 0.25) is 0 Å². The van der Waals surface area contributed by atoms with Gasteiger partial charge in [0.25, 0.3) is 0 Å². The zero-order valence-corrected chi connectivity index (χ0v) is 16.0. The Morgan fingerprint density at radius 3 is 2.40 bits per heavy atom. The van der Waals surface area contributed by atoms with Crippen molar-refractivity contribution in [1.29, 1.82) is 0 Å². The number of fused-ring (bicyclic) bond motifs is 2. The van der Waals surface area contributed by atoms with Gasteiger partial charge in [0.05, 0.1) is 0 Å². The first-order valence-corrected chi connectivity index (χ1v) is 9.26. The molecule has 0 spiro atoms. The molecule has 0 aromatic heterocycles. The second kappa shape index (κ2) is 8.50. The minimum absolute atomic E-state index is 0. The average Bonchev–Trinajstić information content (AvgIpc) is 2.53. The first-order valence-electron chi connectivity index (χ1n) is 9.26. The number of halogens is 2. The standard InChI is InChI=1S/C20H29FN2O.ClH/c1-13(2)23(12-16-6-3-4-9-18(16)21)20(24)17-10-14-7-5-8-15(11-17)19(14)22;/h3-4,6,9,13-15,17,19H,5,7-8,10-12,22H2,1-2H3;1H. The minimum Gasteiger partial charge on any atom is -0.336 e. The zero-order chi connectivity index (χ0) is 17.3. The van der Waals surface area contributed by atoms with Gasteiger partial charge in [-0.1, -0.05) is 24.6 Å². The van der Waals surface area contributed by atoms with E-state index >= 15 is 0 Å². The quantitative estimate of drug-likeness (QED) is 0.868. The number of carbonyl (C=O) groups is 1. The molecule has 2 unspecified atom stereocenters. The highest BCUT2D eigenvalue weighted by atomic mass is 35.5. The lowest BCUT2D eigenvalue weighted by Gasteiger charge is -2.45. The molecule has 0 saturated heterocycles. The lowest BCUT2D eigenvalue weighted by Crippen LogP contribution is -2.50. The van der Waals surface area contributed by atoms with Gasteiger partial charge in [0, 0.05) is 30.1 Å². The van der Waals surface area contributed by atoms with Gasteiger partial charge in [0.15, 0.2) is 0 Å². The molecule has 2 saturated carbocycles. The van der Waals surface area contributed by atoms with E-state index in [4.69, 9.17) is 5.73 Å². The summed E-state index contributed by atoms with van der Waals surface area (Å²) in [6.45, 7) is 4.36. The van der Waals surface area contributed by atoms with Gasteiger partial charge in [-0.2, -0.15) is 0 Å². The van der Waals surface area contributed by atoms with Crippen LogP contribution >= 0.6 is 12.4 Å². The molecule has 0 radical (unpaired) electrons. The van der Waals surface area contributed by atoms with Crippen molar-refractivity contribution < 1.29 is 9.18 Å². The predicted molar refractivity (Wildman–Crippen MR) is 101 cm³/mol. The number of benzene rings is 1. The molecule has 140 valence electrons. The van der Waals surface area contributed by atoms with Crippen molar-refractivity contribution in [3.63, 3.8) is 0 Å². The Morgan fingerprint density at radius 2 is 1.84 bits per heavy atom. The molecule has 2 atom stereocenters. The summed E-state index contributed by atoms with van der Waals surface area (Å²) in [5, 5.41) is 0. The van der Waals surface area contributed by atoms with Crippen LogP contribution in [0, 0.1) is 23.6 Å². The minimum atomic E-state index is -0.238. The van der Waals surface area contributed by atoms with E-state index in [1.54, 1.807) is 12.1 Å². The van der Waals surface area contributed by atoms with Crippen molar-refractivity contribution >= 4 is 18.3 Å². The number of nitrogens with zero attached hydrogens (tertiary/aromatic N) is 1. The van der Waals surface area contributed by atoms with Gasteiger partial charge in [-0.3, -0.25) is 4.79 Å². The van der Waals surface area contributed by atoms with Crippen molar-refractivity contribution in [1.82, 2.24) is 4.90 Å². The number of hydrogen-bond donors (Lipinski definition) is 1. The van der Waals surface area contributed by atoms with E-state index in [-0.39, 0.29) is 42.1 Å². The molecule has 2 N–H and O–H groups in total. The molecule has 1 aromatic rings. The fourth-order valence-electron chi connectivity index (χ4n) is 4.55. The Labute approximate surface area is 156 Å². The van der Waals surface area contributed by atoms with E-state index in [9.17, 15) is 9.18 Å². The van der Waals surface area contributed by atoms with Crippen LogP contribution < -0.4 is 5.73 Å². The van der Waals surface area contributed by atoms with Gasteiger partial charge in [-0.05, 0) is 57.4 Å². The molecule has 3 nitrogen and oxygen atoms in total. The van der Waals surface area contributed by atoms with Crippen molar-refractivity contribution in [3.8, 4) is 0 Å². The van der Waals surface area contributed by atoms with Crippen LogP contribution in [0.1, 0.15) is 51.5 Å². The van der Waals surface area contributed by atoms with E-state index in [2.05, 4.69) is 0 Å². The molecule has 2 aliphatic rings. The third kappa shape index (κ3) is 4.35. The van der Waals surface area contributed by atoms with E-state index in [0.29, 0.717) is 23.9 Å². The first kappa shape index (κ1) is 20.2. The van der Waals surface area contributed by atoms with E-state index in [1.807, 2.05) is 24.8 Å². The van der Waals surface area contributed by atoms with E-state index in [0.717, 1.165) is 25.7 Å². The molecule has 0 heterocycles. The molecular formula is C20H30ClFN2O. The highest BCUT2D eigenvalue weighted by molar-refractivity contribution is 5.85. The van der Waals surface area contributed by atoms with Crippen molar-refractivity contribution in [2.75, 3.05) is 0 Å². The van der Waals surface area contributed by atoms with Gasteiger partial charge in [0.1, 0.15) is 5.82 Å². The van der Waals surface area contributed by atoms with Crippen LogP contribution in [0.5, 0.6) is 0 Å². The molecular weight excluding hydrogens is 339 g/mol. The van der Waals surface area contributed by atoms with Crippen LogP contribution in [-0.4, -0.2) is 22.9 Å². The van der Waals surface area contributed by atoms with Crippen LogP contribution in [0.15, 0.2) is 24.3 Å². The monoisotopic (exact) mass is 368 g/mol. The highest BCUT2D eigenvalue weighted by Crippen LogP contribution is 2.42. The molecule has 1 aromatic carbocycles. The molecule has 5 heteroatoms. The Bertz CT molecular complexity index is 581. The maximum Gasteiger partial charge on any atom is 0.226 e. The zero-order valence-electron chi connectivity index (χ0n) is 15.2. The smallest absolute Gasteiger partial charge is 0.226 e. The van der Waals surface area contributed by atoms with Crippen molar-refractivity contribution in [3.05, 3.63) is 35.6 Å². The second-order valence-corrected chi connectivity index (χ2v) is 7.85. The lowest BCUT2D eigenvalue weighted by molar-refractivity contribution is -0.141. The molecule has 1 amide bonds. The van der Waals surface area contributed by atoms with E-state index in [1.165, 1.54) is 12.5 Å². The number of hydrogen-bond acceptors (Lipinski definition) is 2. The number of nitrogens with two attached hydrogens (primary N) is 1. The molecule has 2 bridgehead atoms. The Hall–Kier alpha value is -1.13. The third-order valence-corrected chi connectivity index (χ3v) is 5.97. The maximum absolute atomic E-state index is 14.0.